The van der Waals surface area contributed by atoms with Gasteiger partial charge >= 0.3 is 11.7 Å². The van der Waals surface area contributed by atoms with Crippen LogP contribution < -0.4 is 20.7 Å². The maximum atomic E-state index is 14.7. The Labute approximate surface area is 198 Å². The van der Waals surface area contributed by atoms with Gasteiger partial charge in [0.05, 0.1) is 28.7 Å². The molecule has 0 saturated carbocycles. The Kier molecular flexibility index (Phi) is 6.15. The fourth-order valence-electron chi connectivity index (χ4n) is 3.28. The van der Waals surface area contributed by atoms with E-state index in [2.05, 4.69) is 4.98 Å². The molecule has 0 radical (unpaired) electrons. The van der Waals surface area contributed by atoms with E-state index in [9.17, 15) is 23.9 Å². The number of rotatable bonds is 6. The number of thiophene rings is 1. The van der Waals surface area contributed by atoms with Crippen LogP contribution in [-0.2, 0) is 6.61 Å². The molecule has 2 heterocycles. The van der Waals surface area contributed by atoms with Gasteiger partial charge in [-0.3, -0.25) is 4.79 Å². The van der Waals surface area contributed by atoms with Crippen molar-refractivity contribution in [2.24, 2.45) is 0 Å². The summed E-state index contributed by atoms with van der Waals surface area (Å²) in [4.78, 5) is 39.1. The number of nitrogens with zero attached hydrogens (tertiary/aromatic N) is 1. The predicted molar refractivity (Wildman–Crippen MR) is 122 cm³/mol. The van der Waals surface area contributed by atoms with Gasteiger partial charge in [-0.05, 0) is 24.3 Å². The molecule has 33 heavy (non-hydrogen) atoms. The average molecular weight is 511 g/mol. The lowest BCUT2D eigenvalue weighted by molar-refractivity contribution is 0.0704. The number of aromatic carboxylic acids is 1. The van der Waals surface area contributed by atoms with Crippen LogP contribution >= 0.6 is 34.5 Å². The summed E-state index contributed by atoms with van der Waals surface area (Å²) in [6, 6.07) is 6.58. The fourth-order valence-corrected chi connectivity index (χ4v) is 4.72. The Balaban J connectivity index is 1.77. The second-order valence-corrected chi connectivity index (χ2v) is 8.43. The number of fused-ring (bicyclic) bond motifs is 1. The predicted octanol–water partition coefficient (Wildman–Crippen LogP) is 4.47. The van der Waals surface area contributed by atoms with Crippen molar-refractivity contribution in [1.29, 1.82) is 0 Å². The van der Waals surface area contributed by atoms with Gasteiger partial charge in [0.25, 0.3) is 5.56 Å². The first-order valence-corrected chi connectivity index (χ1v) is 10.8. The molecule has 12 heteroatoms. The van der Waals surface area contributed by atoms with E-state index in [1.807, 2.05) is 0 Å². The zero-order valence-corrected chi connectivity index (χ0v) is 19.0. The summed E-state index contributed by atoms with van der Waals surface area (Å²) < 4.78 is 26.1. The summed E-state index contributed by atoms with van der Waals surface area (Å²) in [7, 11) is 1.43. The molecule has 170 valence electrons. The van der Waals surface area contributed by atoms with E-state index >= 15 is 0 Å². The van der Waals surface area contributed by atoms with E-state index in [-0.39, 0.29) is 33.2 Å². The topological polar surface area (TPSA) is 111 Å². The SMILES string of the molecule is COc1c(Cl)cc(Cl)cc1COc1ccc(F)c(-n2c(=O)[nH]c3csc(C(=O)O)c3c2=O)c1. The van der Waals surface area contributed by atoms with Crippen molar-refractivity contribution in [2.75, 3.05) is 7.11 Å². The maximum Gasteiger partial charge on any atom is 0.346 e. The van der Waals surface area contributed by atoms with Gasteiger partial charge in [0.1, 0.15) is 28.8 Å². The summed E-state index contributed by atoms with van der Waals surface area (Å²) in [5.74, 6) is -1.75. The first kappa shape index (κ1) is 22.8. The molecule has 0 aliphatic heterocycles. The summed E-state index contributed by atoms with van der Waals surface area (Å²) >= 11 is 12.9. The Morgan fingerprint density at radius 3 is 2.70 bits per heavy atom. The van der Waals surface area contributed by atoms with Crippen molar-refractivity contribution in [2.45, 2.75) is 6.61 Å². The van der Waals surface area contributed by atoms with Gasteiger partial charge < -0.3 is 19.6 Å². The first-order chi connectivity index (χ1) is 15.7. The molecule has 0 aliphatic carbocycles. The Morgan fingerprint density at radius 2 is 2.00 bits per heavy atom. The number of hydrogen-bond acceptors (Lipinski definition) is 6. The lowest BCUT2D eigenvalue weighted by Crippen LogP contribution is -2.34. The molecule has 0 aliphatic rings. The highest BCUT2D eigenvalue weighted by Crippen LogP contribution is 2.33. The van der Waals surface area contributed by atoms with Gasteiger partial charge in [-0.1, -0.05) is 23.2 Å². The van der Waals surface area contributed by atoms with Gasteiger partial charge in [-0.25, -0.2) is 18.5 Å². The average Bonchev–Trinajstić information content (AvgIpc) is 3.18. The summed E-state index contributed by atoms with van der Waals surface area (Å²) in [5.41, 5.74) is -1.73. The molecule has 0 spiro atoms. The van der Waals surface area contributed by atoms with Gasteiger partial charge in [0, 0.05) is 22.0 Å². The smallest absolute Gasteiger partial charge is 0.346 e. The number of carboxylic acids is 1. The number of ether oxygens (including phenoxy) is 2. The molecule has 0 saturated heterocycles. The third-order valence-electron chi connectivity index (χ3n) is 4.69. The molecule has 0 fully saturated rings. The van der Waals surface area contributed by atoms with Crippen LogP contribution in [0, 0.1) is 5.82 Å². The molecule has 0 unspecified atom stereocenters. The lowest BCUT2D eigenvalue weighted by Gasteiger charge is -2.13. The Hall–Kier alpha value is -3.34. The number of halogens is 3. The largest absolute Gasteiger partial charge is 0.495 e. The van der Waals surface area contributed by atoms with Crippen LogP contribution in [0.4, 0.5) is 4.39 Å². The van der Waals surface area contributed by atoms with Crippen molar-refractivity contribution in [3.05, 3.63) is 82.9 Å². The molecule has 0 bridgehead atoms. The number of carboxylic acid groups (broad SMARTS) is 1. The monoisotopic (exact) mass is 510 g/mol. The minimum absolute atomic E-state index is 0.0568. The second kappa shape index (κ2) is 8.89. The zero-order chi connectivity index (χ0) is 23.9. The number of methoxy groups -OCH3 is 1. The highest BCUT2D eigenvalue weighted by molar-refractivity contribution is 7.13. The van der Waals surface area contributed by atoms with E-state index in [0.717, 1.165) is 23.5 Å². The van der Waals surface area contributed by atoms with E-state index in [1.54, 1.807) is 6.07 Å². The molecular formula is C21H13Cl2FN2O6S. The molecule has 2 aromatic carbocycles. The van der Waals surface area contributed by atoms with Gasteiger partial charge in [-0.15, -0.1) is 11.3 Å². The third kappa shape index (κ3) is 4.20. The van der Waals surface area contributed by atoms with Crippen molar-refractivity contribution < 1.29 is 23.8 Å². The van der Waals surface area contributed by atoms with Crippen molar-refractivity contribution in [3.8, 4) is 17.2 Å². The summed E-state index contributed by atoms with van der Waals surface area (Å²) in [6.45, 7) is -0.0630. The molecule has 0 atom stereocenters. The number of carbonyl (C=O) groups is 1. The molecular weight excluding hydrogens is 498 g/mol. The number of hydrogen-bond donors (Lipinski definition) is 2. The third-order valence-corrected chi connectivity index (χ3v) is 6.16. The molecule has 4 rings (SSSR count). The van der Waals surface area contributed by atoms with Gasteiger partial charge in [-0.2, -0.15) is 0 Å². The van der Waals surface area contributed by atoms with E-state index in [0.29, 0.717) is 20.9 Å². The van der Waals surface area contributed by atoms with E-state index < -0.39 is 28.7 Å². The van der Waals surface area contributed by atoms with E-state index in [1.165, 1.54) is 24.6 Å². The van der Waals surface area contributed by atoms with Gasteiger partial charge in [0.15, 0.2) is 0 Å². The van der Waals surface area contributed by atoms with Crippen LogP contribution in [0.2, 0.25) is 10.0 Å². The lowest BCUT2D eigenvalue weighted by atomic mass is 10.2. The molecule has 8 nitrogen and oxygen atoms in total. The quantitative estimate of drug-likeness (QED) is 0.395. The van der Waals surface area contributed by atoms with Crippen LogP contribution in [-0.4, -0.2) is 27.7 Å². The van der Waals surface area contributed by atoms with Crippen LogP contribution in [0.25, 0.3) is 16.6 Å². The number of nitrogens with one attached hydrogen (secondary N) is 1. The first-order valence-electron chi connectivity index (χ1n) is 9.15. The summed E-state index contributed by atoms with van der Waals surface area (Å²) in [6.07, 6.45) is 0. The highest BCUT2D eigenvalue weighted by atomic mass is 35.5. The minimum atomic E-state index is -1.34. The highest BCUT2D eigenvalue weighted by Gasteiger charge is 2.21. The van der Waals surface area contributed by atoms with Crippen LogP contribution in [0.1, 0.15) is 15.2 Å². The standard InChI is InChI=1S/C21H13Cl2FN2O6S/c1-31-17-9(4-10(22)5-12(17)23)7-32-11-2-3-13(24)15(6-11)26-19(27)16-14(25-21(26)30)8-33-18(16)20(28)29/h2-6,8H,7H2,1H3,(H,25,30)(H,28,29). The van der Waals surface area contributed by atoms with Crippen LogP contribution in [0.3, 0.4) is 0 Å². The van der Waals surface area contributed by atoms with Crippen molar-refractivity contribution in [3.63, 3.8) is 0 Å². The van der Waals surface area contributed by atoms with Crippen molar-refractivity contribution in [1.82, 2.24) is 9.55 Å². The number of aromatic amines is 1. The summed E-state index contributed by atoms with van der Waals surface area (Å²) in [5, 5.41) is 11.1. The normalized spacial score (nSPS) is 11.0. The van der Waals surface area contributed by atoms with Crippen LogP contribution in [0.5, 0.6) is 11.5 Å². The second-order valence-electron chi connectivity index (χ2n) is 6.71. The van der Waals surface area contributed by atoms with E-state index in [4.69, 9.17) is 32.7 Å². The maximum absolute atomic E-state index is 14.7. The molecule has 0 amide bonds. The number of H-pyrrole nitrogens is 1. The number of benzene rings is 2. The minimum Gasteiger partial charge on any atom is -0.495 e. The van der Waals surface area contributed by atoms with Crippen LogP contribution in [0.15, 0.2) is 45.3 Å². The molecule has 2 aromatic heterocycles. The van der Waals surface area contributed by atoms with Gasteiger partial charge in [0.2, 0.25) is 0 Å². The fraction of sp³-hybridized carbons (Fsp3) is 0.0952. The van der Waals surface area contributed by atoms with Crippen molar-refractivity contribution >= 4 is 51.4 Å². The number of aromatic nitrogens is 2. The molecule has 4 aromatic rings. The molecule has 2 N–H and O–H groups in total. The zero-order valence-electron chi connectivity index (χ0n) is 16.6. The Bertz CT molecular complexity index is 1530. The Morgan fingerprint density at radius 1 is 1.24 bits per heavy atom.